The van der Waals surface area contributed by atoms with E-state index in [-0.39, 0.29) is 6.04 Å². The third-order valence-corrected chi connectivity index (χ3v) is 3.55. The summed E-state index contributed by atoms with van der Waals surface area (Å²) in [5.74, 6) is 0. The molecule has 0 fully saturated rings. The zero-order valence-corrected chi connectivity index (χ0v) is 12.2. The zero-order chi connectivity index (χ0) is 13.7. The van der Waals surface area contributed by atoms with E-state index in [1.54, 1.807) is 12.4 Å². The number of hydrogen-bond donors (Lipinski definition) is 1. The van der Waals surface area contributed by atoms with Gasteiger partial charge in [-0.1, -0.05) is 42.3 Å². The number of rotatable bonds is 5. The summed E-state index contributed by atoms with van der Waals surface area (Å²) in [5.41, 5.74) is 2.30. The van der Waals surface area contributed by atoms with Crippen molar-refractivity contribution < 1.29 is 0 Å². The van der Waals surface area contributed by atoms with Crippen molar-refractivity contribution in [3.8, 4) is 0 Å². The van der Waals surface area contributed by atoms with E-state index in [0.29, 0.717) is 5.02 Å². The Kier molecular flexibility index (Phi) is 5.20. The van der Waals surface area contributed by atoms with E-state index in [2.05, 4.69) is 17.2 Å². The van der Waals surface area contributed by atoms with Gasteiger partial charge in [0, 0.05) is 23.5 Å². The van der Waals surface area contributed by atoms with Crippen LogP contribution in [0.15, 0.2) is 42.7 Å². The molecule has 1 aromatic heterocycles. The van der Waals surface area contributed by atoms with Crippen LogP contribution in [0.3, 0.4) is 0 Å². The average Bonchev–Trinajstić information content (AvgIpc) is 2.41. The molecule has 19 heavy (non-hydrogen) atoms. The summed E-state index contributed by atoms with van der Waals surface area (Å²) in [4.78, 5) is 4.03. The lowest BCUT2D eigenvalue weighted by atomic mass is 9.99. The van der Waals surface area contributed by atoms with Gasteiger partial charge in [-0.05, 0) is 42.3 Å². The van der Waals surface area contributed by atoms with Gasteiger partial charge < -0.3 is 5.32 Å². The molecule has 0 saturated heterocycles. The van der Waals surface area contributed by atoms with Crippen molar-refractivity contribution in [2.75, 3.05) is 6.54 Å². The van der Waals surface area contributed by atoms with Crippen LogP contribution >= 0.6 is 23.2 Å². The van der Waals surface area contributed by atoms with Crippen molar-refractivity contribution >= 4 is 23.2 Å². The molecule has 1 N–H and O–H groups in total. The largest absolute Gasteiger partial charge is 0.310 e. The number of likely N-dealkylation sites (N-methyl/N-ethyl adjacent to an activating group) is 1. The predicted octanol–water partition coefficient (Wildman–Crippen LogP) is 4.28. The number of hydrogen-bond acceptors (Lipinski definition) is 2. The lowest BCUT2D eigenvalue weighted by molar-refractivity contribution is 0.549. The molecule has 1 aromatic carbocycles. The topological polar surface area (TPSA) is 24.9 Å². The Bertz CT molecular complexity index is 526. The predicted molar refractivity (Wildman–Crippen MR) is 80.8 cm³/mol. The first-order valence-corrected chi connectivity index (χ1v) is 7.03. The van der Waals surface area contributed by atoms with Gasteiger partial charge in [-0.2, -0.15) is 0 Å². The van der Waals surface area contributed by atoms with Gasteiger partial charge in [0.05, 0.1) is 5.02 Å². The minimum Gasteiger partial charge on any atom is -0.310 e. The highest BCUT2D eigenvalue weighted by Gasteiger charge is 2.14. The Balaban J connectivity index is 2.21. The molecule has 2 rings (SSSR count). The van der Waals surface area contributed by atoms with E-state index in [4.69, 9.17) is 23.2 Å². The van der Waals surface area contributed by atoms with E-state index in [0.717, 1.165) is 23.6 Å². The first-order chi connectivity index (χ1) is 9.20. The van der Waals surface area contributed by atoms with Crippen molar-refractivity contribution in [2.45, 2.75) is 19.4 Å². The quantitative estimate of drug-likeness (QED) is 0.890. The molecule has 0 aliphatic rings. The summed E-state index contributed by atoms with van der Waals surface area (Å²) in [6, 6.07) is 10.1. The third-order valence-electron chi connectivity index (χ3n) is 2.98. The SMILES string of the molecule is CCNC(Cc1ccc(Cl)cc1)c1ccncc1Cl. The molecule has 4 heteroatoms. The third kappa shape index (κ3) is 3.93. The molecule has 0 spiro atoms. The van der Waals surface area contributed by atoms with Gasteiger partial charge in [0.25, 0.3) is 0 Å². The molecule has 2 nitrogen and oxygen atoms in total. The molecular weight excluding hydrogens is 279 g/mol. The van der Waals surface area contributed by atoms with Crippen molar-refractivity contribution in [3.05, 3.63) is 63.9 Å². The van der Waals surface area contributed by atoms with E-state index in [1.807, 2.05) is 30.3 Å². The van der Waals surface area contributed by atoms with Crippen LogP contribution in [0.2, 0.25) is 10.0 Å². The van der Waals surface area contributed by atoms with E-state index < -0.39 is 0 Å². The maximum absolute atomic E-state index is 6.22. The Morgan fingerprint density at radius 2 is 1.89 bits per heavy atom. The summed E-state index contributed by atoms with van der Waals surface area (Å²) in [7, 11) is 0. The van der Waals surface area contributed by atoms with E-state index >= 15 is 0 Å². The molecule has 0 aliphatic heterocycles. The van der Waals surface area contributed by atoms with Crippen molar-refractivity contribution in [1.29, 1.82) is 0 Å². The molecule has 1 atom stereocenters. The molecule has 0 bridgehead atoms. The Labute approximate surface area is 123 Å². The number of nitrogens with one attached hydrogen (secondary N) is 1. The zero-order valence-electron chi connectivity index (χ0n) is 10.7. The molecule has 1 heterocycles. The van der Waals surface area contributed by atoms with Crippen molar-refractivity contribution in [3.63, 3.8) is 0 Å². The highest BCUT2D eigenvalue weighted by atomic mass is 35.5. The number of halogens is 2. The van der Waals surface area contributed by atoms with Crippen LogP contribution in [0.5, 0.6) is 0 Å². The smallest absolute Gasteiger partial charge is 0.0637 e. The summed E-state index contributed by atoms with van der Waals surface area (Å²) in [5, 5.41) is 4.91. The molecule has 100 valence electrons. The second-order valence-corrected chi connectivity index (χ2v) is 5.18. The fourth-order valence-corrected chi connectivity index (χ4v) is 2.44. The lowest BCUT2D eigenvalue weighted by Gasteiger charge is -2.19. The molecular formula is C15H16Cl2N2. The van der Waals surface area contributed by atoms with Gasteiger partial charge in [0.15, 0.2) is 0 Å². The van der Waals surface area contributed by atoms with Gasteiger partial charge >= 0.3 is 0 Å². The second-order valence-electron chi connectivity index (χ2n) is 4.34. The van der Waals surface area contributed by atoms with Gasteiger partial charge in [0.2, 0.25) is 0 Å². The van der Waals surface area contributed by atoms with Crippen molar-refractivity contribution in [2.24, 2.45) is 0 Å². The summed E-state index contributed by atoms with van der Waals surface area (Å²) in [6.45, 7) is 2.97. The molecule has 0 aliphatic carbocycles. The summed E-state index contributed by atoms with van der Waals surface area (Å²) >= 11 is 12.1. The normalized spacial score (nSPS) is 12.4. The first-order valence-electron chi connectivity index (χ1n) is 6.28. The van der Waals surface area contributed by atoms with E-state index in [1.165, 1.54) is 5.56 Å². The second kappa shape index (κ2) is 6.90. The maximum Gasteiger partial charge on any atom is 0.0637 e. The fraction of sp³-hybridized carbons (Fsp3) is 0.267. The number of benzene rings is 1. The average molecular weight is 295 g/mol. The highest BCUT2D eigenvalue weighted by molar-refractivity contribution is 6.31. The van der Waals surface area contributed by atoms with Crippen molar-refractivity contribution in [1.82, 2.24) is 10.3 Å². The van der Waals surface area contributed by atoms with Crippen LogP contribution in [0.1, 0.15) is 24.1 Å². The number of pyridine rings is 1. The van der Waals surface area contributed by atoms with Gasteiger partial charge in [-0.15, -0.1) is 0 Å². The molecule has 0 radical (unpaired) electrons. The summed E-state index contributed by atoms with van der Waals surface area (Å²) < 4.78 is 0. The minimum absolute atomic E-state index is 0.182. The summed E-state index contributed by atoms with van der Waals surface area (Å²) in [6.07, 6.45) is 4.32. The molecule has 0 amide bonds. The Hall–Kier alpha value is -1.09. The van der Waals surface area contributed by atoms with Gasteiger partial charge in [-0.3, -0.25) is 4.98 Å². The Morgan fingerprint density at radius 3 is 2.53 bits per heavy atom. The molecule has 2 aromatic rings. The monoisotopic (exact) mass is 294 g/mol. The standard InChI is InChI=1S/C15H16Cl2N2/c1-2-19-15(13-7-8-18-10-14(13)17)9-11-3-5-12(16)6-4-11/h3-8,10,15,19H,2,9H2,1H3. The fourth-order valence-electron chi connectivity index (χ4n) is 2.06. The number of aromatic nitrogens is 1. The van der Waals surface area contributed by atoms with E-state index in [9.17, 15) is 0 Å². The van der Waals surface area contributed by atoms with Gasteiger partial charge in [-0.25, -0.2) is 0 Å². The first kappa shape index (κ1) is 14.3. The van der Waals surface area contributed by atoms with Crippen LogP contribution in [0, 0.1) is 0 Å². The van der Waals surface area contributed by atoms with Crippen LogP contribution in [0.25, 0.3) is 0 Å². The van der Waals surface area contributed by atoms with Crippen LogP contribution < -0.4 is 5.32 Å². The van der Waals surface area contributed by atoms with Gasteiger partial charge in [0.1, 0.15) is 0 Å². The Morgan fingerprint density at radius 1 is 1.16 bits per heavy atom. The maximum atomic E-state index is 6.22. The van der Waals surface area contributed by atoms with Crippen LogP contribution in [0.4, 0.5) is 0 Å². The lowest BCUT2D eigenvalue weighted by Crippen LogP contribution is -2.23. The number of nitrogens with zero attached hydrogens (tertiary/aromatic N) is 1. The molecule has 1 unspecified atom stereocenters. The minimum atomic E-state index is 0.182. The highest BCUT2D eigenvalue weighted by Crippen LogP contribution is 2.25. The van der Waals surface area contributed by atoms with Crippen LogP contribution in [-0.4, -0.2) is 11.5 Å². The molecule has 0 saturated carbocycles. The van der Waals surface area contributed by atoms with Crippen LogP contribution in [-0.2, 0) is 6.42 Å².